The highest BCUT2D eigenvalue weighted by Gasteiger charge is 2.41. The molecule has 5 nitrogen and oxygen atoms in total. The van der Waals surface area contributed by atoms with E-state index in [0.717, 1.165) is 24.0 Å². The second kappa shape index (κ2) is 7.61. The Morgan fingerprint density at radius 3 is 2.48 bits per heavy atom. The Hall–Kier alpha value is -2.70. The van der Waals surface area contributed by atoms with Crippen LogP contribution in [-0.2, 0) is 5.54 Å². The topological polar surface area (TPSA) is 81.1 Å². The highest BCUT2D eigenvalue weighted by atomic mass is 35.5. The molecule has 150 valence electrons. The molecule has 29 heavy (non-hydrogen) atoms. The first-order valence-corrected chi connectivity index (χ1v) is 9.92. The Kier molecular flexibility index (Phi) is 5.15. The number of nitrogens with zero attached hydrogens (tertiary/aromatic N) is 3. The molecule has 2 heterocycles. The van der Waals surface area contributed by atoms with Gasteiger partial charge in [0, 0.05) is 17.6 Å². The van der Waals surface area contributed by atoms with Gasteiger partial charge in [-0.2, -0.15) is 0 Å². The van der Waals surface area contributed by atoms with E-state index in [1.54, 1.807) is 12.1 Å². The number of hydrogen-bond donors (Lipinski definition) is 2. The van der Waals surface area contributed by atoms with Crippen LogP contribution in [0.3, 0.4) is 0 Å². The van der Waals surface area contributed by atoms with E-state index in [1.165, 1.54) is 18.5 Å². The van der Waals surface area contributed by atoms with Gasteiger partial charge < -0.3 is 16.4 Å². The maximum absolute atomic E-state index is 13.5. The number of hydrogen-bond acceptors (Lipinski definition) is 5. The molecule has 0 aliphatic carbocycles. The SMILES string of the molecule is CC1(c2ccc(Cl)cc2)CC(N)CCN1c1ncnc(N)c1-c1ccc(F)cc1. The molecule has 0 amide bonds. The largest absolute Gasteiger partial charge is 0.383 e. The maximum Gasteiger partial charge on any atom is 0.142 e. The second-order valence-corrected chi connectivity index (χ2v) is 8.09. The average molecular weight is 412 g/mol. The summed E-state index contributed by atoms with van der Waals surface area (Å²) in [6, 6.07) is 14.1. The fraction of sp³-hybridized carbons (Fsp3) is 0.273. The van der Waals surface area contributed by atoms with Crippen molar-refractivity contribution in [2.75, 3.05) is 17.2 Å². The molecular formula is C22H23ClFN5. The van der Waals surface area contributed by atoms with E-state index in [4.69, 9.17) is 23.1 Å². The third kappa shape index (κ3) is 3.66. The van der Waals surface area contributed by atoms with E-state index >= 15 is 0 Å². The lowest BCUT2D eigenvalue weighted by Crippen LogP contribution is -2.54. The summed E-state index contributed by atoms with van der Waals surface area (Å²) < 4.78 is 13.5. The molecule has 7 heteroatoms. The highest BCUT2D eigenvalue weighted by Crippen LogP contribution is 2.44. The summed E-state index contributed by atoms with van der Waals surface area (Å²) >= 11 is 6.11. The molecule has 1 aliphatic heterocycles. The second-order valence-electron chi connectivity index (χ2n) is 7.65. The highest BCUT2D eigenvalue weighted by molar-refractivity contribution is 6.30. The Labute approximate surface area is 174 Å². The molecule has 4 N–H and O–H groups in total. The molecule has 1 aliphatic rings. The Bertz CT molecular complexity index is 1010. The van der Waals surface area contributed by atoms with Crippen LogP contribution < -0.4 is 16.4 Å². The number of nitrogen functional groups attached to an aromatic ring is 1. The van der Waals surface area contributed by atoms with Crippen molar-refractivity contribution in [2.24, 2.45) is 5.73 Å². The first-order valence-electron chi connectivity index (χ1n) is 9.54. The van der Waals surface area contributed by atoms with Gasteiger partial charge in [0.05, 0.1) is 11.1 Å². The molecule has 0 saturated carbocycles. The number of piperidine rings is 1. The molecule has 3 aromatic rings. The van der Waals surface area contributed by atoms with Gasteiger partial charge in [-0.25, -0.2) is 14.4 Å². The maximum atomic E-state index is 13.5. The van der Waals surface area contributed by atoms with E-state index in [9.17, 15) is 4.39 Å². The van der Waals surface area contributed by atoms with Crippen LogP contribution in [0.5, 0.6) is 0 Å². The quantitative estimate of drug-likeness (QED) is 0.669. The van der Waals surface area contributed by atoms with Crippen molar-refractivity contribution in [1.82, 2.24) is 9.97 Å². The van der Waals surface area contributed by atoms with Crippen molar-refractivity contribution >= 4 is 23.2 Å². The zero-order valence-corrected chi connectivity index (χ0v) is 16.9. The summed E-state index contributed by atoms with van der Waals surface area (Å²) in [4.78, 5) is 11.0. The van der Waals surface area contributed by atoms with Crippen LogP contribution in [0.1, 0.15) is 25.3 Å². The van der Waals surface area contributed by atoms with Crippen molar-refractivity contribution in [1.29, 1.82) is 0 Å². The molecular weight excluding hydrogens is 389 g/mol. The van der Waals surface area contributed by atoms with E-state index in [1.807, 2.05) is 24.3 Å². The third-order valence-corrected chi connectivity index (χ3v) is 5.94. The lowest BCUT2D eigenvalue weighted by Gasteiger charge is -2.48. The summed E-state index contributed by atoms with van der Waals surface area (Å²) in [6.07, 6.45) is 3.05. The predicted octanol–water partition coefficient (Wildman–Crippen LogP) is 4.36. The van der Waals surface area contributed by atoms with Crippen molar-refractivity contribution in [3.05, 3.63) is 71.3 Å². The summed E-state index contributed by atoms with van der Waals surface area (Å²) in [5, 5.41) is 0.683. The number of rotatable bonds is 3. The molecule has 2 unspecified atom stereocenters. The van der Waals surface area contributed by atoms with Gasteiger partial charge in [0.1, 0.15) is 23.8 Å². The van der Waals surface area contributed by atoms with Crippen LogP contribution in [0.15, 0.2) is 54.9 Å². The molecule has 4 rings (SSSR count). The lowest BCUT2D eigenvalue weighted by atomic mass is 9.79. The zero-order chi connectivity index (χ0) is 20.6. The number of nitrogens with two attached hydrogens (primary N) is 2. The Morgan fingerprint density at radius 1 is 1.10 bits per heavy atom. The molecule has 0 spiro atoms. The van der Waals surface area contributed by atoms with Crippen LogP contribution in [0.4, 0.5) is 16.0 Å². The minimum Gasteiger partial charge on any atom is -0.383 e. The number of benzene rings is 2. The number of anilines is 2. The van der Waals surface area contributed by atoms with Crippen molar-refractivity contribution < 1.29 is 4.39 Å². The monoisotopic (exact) mass is 411 g/mol. The number of halogens is 2. The van der Waals surface area contributed by atoms with Crippen LogP contribution >= 0.6 is 11.6 Å². The fourth-order valence-electron chi connectivity index (χ4n) is 4.17. The van der Waals surface area contributed by atoms with Crippen LogP contribution in [0.25, 0.3) is 11.1 Å². The van der Waals surface area contributed by atoms with Gasteiger partial charge in [-0.1, -0.05) is 35.9 Å². The fourth-order valence-corrected chi connectivity index (χ4v) is 4.30. The molecule has 2 atom stereocenters. The average Bonchev–Trinajstić information content (AvgIpc) is 2.69. The van der Waals surface area contributed by atoms with E-state index in [2.05, 4.69) is 21.8 Å². The van der Waals surface area contributed by atoms with Gasteiger partial charge in [-0.15, -0.1) is 0 Å². The van der Waals surface area contributed by atoms with Crippen molar-refractivity contribution in [3.8, 4) is 11.1 Å². The van der Waals surface area contributed by atoms with Crippen LogP contribution in [0.2, 0.25) is 5.02 Å². The third-order valence-electron chi connectivity index (χ3n) is 5.69. The first-order chi connectivity index (χ1) is 13.9. The normalized spacial score (nSPS) is 21.9. The molecule has 1 saturated heterocycles. The summed E-state index contributed by atoms with van der Waals surface area (Å²) in [5.74, 6) is 0.768. The number of aromatic nitrogens is 2. The minimum atomic E-state index is -0.405. The van der Waals surface area contributed by atoms with Gasteiger partial charge in [0.2, 0.25) is 0 Å². The van der Waals surface area contributed by atoms with Gasteiger partial charge in [-0.05, 0) is 55.2 Å². The summed E-state index contributed by atoms with van der Waals surface area (Å²) in [6.45, 7) is 2.87. The molecule has 1 aromatic heterocycles. The Morgan fingerprint density at radius 2 is 1.79 bits per heavy atom. The smallest absolute Gasteiger partial charge is 0.142 e. The van der Waals surface area contributed by atoms with Crippen molar-refractivity contribution in [2.45, 2.75) is 31.3 Å². The van der Waals surface area contributed by atoms with Gasteiger partial charge in [0.25, 0.3) is 0 Å². The van der Waals surface area contributed by atoms with E-state index in [-0.39, 0.29) is 11.9 Å². The Balaban J connectivity index is 1.87. The lowest BCUT2D eigenvalue weighted by molar-refractivity contribution is 0.308. The van der Waals surface area contributed by atoms with Gasteiger partial charge in [-0.3, -0.25) is 0 Å². The van der Waals surface area contributed by atoms with Crippen LogP contribution in [0, 0.1) is 5.82 Å². The predicted molar refractivity (Wildman–Crippen MR) is 115 cm³/mol. The minimum absolute atomic E-state index is 0.0698. The molecule has 2 aromatic carbocycles. The summed E-state index contributed by atoms with van der Waals surface area (Å²) in [5.41, 5.74) is 14.8. The molecule has 0 radical (unpaired) electrons. The van der Waals surface area contributed by atoms with Gasteiger partial charge >= 0.3 is 0 Å². The summed E-state index contributed by atoms with van der Waals surface area (Å²) in [7, 11) is 0. The van der Waals surface area contributed by atoms with Crippen molar-refractivity contribution in [3.63, 3.8) is 0 Å². The first kappa shape index (κ1) is 19.6. The van der Waals surface area contributed by atoms with Crippen LogP contribution in [-0.4, -0.2) is 22.6 Å². The standard InChI is InChI=1S/C22H23ClFN5/c1-22(15-4-6-16(23)7-5-15)12-18(25)10-11-29(22)21-19(20(26)27-13-28-21)14-2-8-17(24)9-3-14/h2-9,13,18H,10-12,25H2,1H3,(H2,26,27,28). The van der Waals surface area contributed by atoms with E-state index in [0.29, 0.717) is 28.8 Å². The zero-order valence-electron chi connectivity index (χ0n) is 16.1. The van der Waals surface area contributed by atoms with Gasteiger partial charge in [0.15, 0.2) is 0 Å². The molecule has 0 bridgehead atoms. The molecule has 1 fully saturated rings. The van der Waals surface area contributed by atoms with E-state index < -0.39 is 5.54 Å².